The fourth-order valence-electron chi connectivity index (χ4n) is 4.02. The van der Waals surface area contributed by atoms with Gasteiger partial charge in [0.2, 0.25) is 0 Å². The summed E-state index contributed by atoms with van der Waals surface area (Å²) in [6.07, 6.45) is 0.825. The molecule has 0 bridgehead atoms. The van der Waals surface area contributed by atoms with Crippen molar-refractivity contribution >= 4 is 5.91 Å². The molecule has 30 heavy (non-hydrogen) atoms. The smallest absolute Gasteiger partial charge is 0.254 e. The van der Waals surface area contributed by atoms with Crippen molar-refractivity contribution < 1.29 is 27.6 Å². The second-order valence-corrected chi connectivity index (χ2v) is 7.83. The number of hydrogen-bond acceptors (Lipinski definition) is 6. The molecule has 0 aliphatic carbocycles. The Balaban J connectivity index is 1.50. The monoisotopic (exact) mass is 421 g/mol. The molecule has 1 unspecified atom stereocenters. The number of carbonyl (C=O) groups is 1. The van der Waals surface area contributed by atoms with E-state index in [0.29, 0.717) is 32.8 Å². The molecular formula is C21H25F2N3O4. The van der Waals surface area contributed by atoms with E-state index in [1.54, 1.807) is 4.90 Å². The third kappa shape index (κ3) is 4.23. The summed E-state index contributed by atoms with van der Waals surface area (Å²) < 4.78 is 44.2. The second-order valence-electron chi connectivity index (χ2n) is 7.83. The van der Waals surface area contributed by atoms with Gasteiger partial charge >= 0.3 is 0 Å². The lowest BCUT2D eigenvalue weighted by atomic mass is 10.1. The average molecular weight is 421 g/mol. The van der Waals surface area contributed by atoms with Gasteiger partial charge in [0.1, 0.15) is 5.76 Å². The van der Waals surface area contributed by atoms with Crippen LogP contribution in [0.1, 0.15) is 33.8 Å². The largest absolute Gasteiger partial charge is 0.361 e. The van der Waals surface area contributed by atoms with Gasteiger partial charge in [-0.25, -0.2) is 8.78 Å². The third-order valence-corrected chi connectivity index (χ3v) is 5.62. The van der Waals surface area contributed by atoms with Crippen LogP contribution >= 0.6 is 0 Å². The van der Waals surface area contributed by atoms with Crippen molar-refractivity contribution in [1.82, 2.24) is 15.0 Å². The number of hydrogen-bond donors (Lipinski definition) is 0. The minimum atomic E-state index is -1.04. The Bertz CT molecular complexity index is 915. The summed E-state index contributed by atoms with van der Waals surface area (Å²) >= 11 is 0. The Morgan fingerprint density at radius 2 is 1.93 bits per heavy atom. The summed E-state index contributed by atoms with van der Waals surface area (Å²) in [4.78, 5) is 16.7. The molecule has 2 aliphatic heterocycles. The number of aromatic nitrogens is 1. The highest BCUT2D eigenvalue weighted by Gasteiger charge is 2.42. The number of amides is 1. The number of morpholine rings is 1. The molecule has 0 saturated carbocycles. The van der Waals surface area contributed by atoms with E-state index in [9.17, 15) is 13.6 Å². The molecule has 7 nitrogen and oxygen atoms in total. The van der Waals surface area contributed by atoms with Crippen molar-refractivity contribution in [2.24, 2.45) is 0 Å². The Hall–Kier alpha value is -2.36. The van der Waals surface area contributed by atoms with E-state index in [1.807, 2.05) is 13.8 Å². The highest BCUT2D eigenvalue weighted by molar-refractivity contribution is 5.94. The third-order valence-electron chi connectivity index (χ3n) is 5.62. The van der Waals surface area contributed by atoms with E-state index in [1.165, 1.54) is 6.07 Å². The summed E-state index contributed by atoms with van der Waals surface area (Å²) in [7, 11) is 0. The zero-order valence-electron chi connectivity index (χ0n) is 17.1. The number of ether oxygens (including phenoxy) is 2. The summed E-state index contributed by atoms with van der Waals surface area (Å²) in [6, 6.07) is 3.18. The molecule has 2 saturated heterocycles. The molecule has 2 fully saturated rings. The van der Waals surface area contributed by atoms with Gasteiger partial charge in [-0.15, -0.1) is 0 Å². The van der Waals surface area contributed by atoms with Gasteiger partial charge in [-0.05, 0) is 38.5 Å². The van der Waals surface area contributed by atoms with E-state index < -0.39 is 17.4 Å². The lowest BCUT2D eigenvalue weighted by Crippen LogP contribution is -2.59. The molecule has 1 aromatic carbocycles. The number of rotatable bonds is 3. The van der Waals surface area contributed by atoms with E-state index in [-0.39, 0.29) is 18.0 Å². The van der Waals surface area contributed by atoms with Crippen LogP contribution in [-0.2, 0) is 16.0 Å². The van der Waals surface area contributed by atoms with E-state index >= 15 is 0 Å². The molecule has 0 N–H and O–H groups in total. The lowest BCUT2D eigenvalue weighted by Gasteiger charge is -2.43. The van der Waals surface area contributed by atoms with Gasteiger partial charge in [0.15, 0.2) is 17.4 Å². The van der Waals surface area contributed by atoms with Crippen LogP contribution in [0.15, 0.2) is 22.7 Å². The van der Waals surface area contributed by atoms with Gasteiger partial charge in [0, 0.05) is 30.8 Å². The quantitative estimate of drug-likeness (QED) is 0.759. The highest BCUT2D eigenvalue weighted by atomic mass is 19.2. The zero-order chi connectivity index (χ0) is 21.3. The van der Waals surface area contributed by atoms with Gasteiger partial charge in [-0.3, -0.25) is 9.69 Å². The maximum absolute atomic E-state index is 13.6. The SMILES string of the molecule is Cc1noc(C)c1CN1CCCOC2(C1)CN(C(=O)c1ccc(F)c(F)c1)CCO2. The summed E-state index contributed by atoms with van der Waals surface area (Å²) in [5, 5.41) is 4.02. The van der Waals surface area contributed by atoms with E-state index in [2.05, 4.69) is 10.1 Å². The first-order valence-corrected chi connectivity index (χ1v) is 10.0. The molecule has 0 radical (unpaired) electrons. The molecular weight excluding hydrogens is 396 g/mol. The second kappa shape index (κ2) is 8.41. The topological polar surface area (TPSA) is 68.0 Å². The normalized spacial score (nSPS) is 23.0. The highest BCUT2D eigenvalue weighted by Crippen LogP contribution is 2.27. The Labute approximate surface area is 173 Å². The molecule has 2 aliphatic rings. The van der Waals surface area contributed by atoms with Crippen LogP contribution in [0.25, 0.3) is 0 Å². The zero-order valence-corrected chi connectivity index (χ0v) is 17.1. The van der Waals surface area contributed by atoms with Crippen molar-refractivity contribution in [1.29, 1.82) is 0 Å². The maximum atomic E-state index is 13.6. The molecule has 1 aromatic heterocycles. The molecule has 2 aromatic rings. The molecule has 1 atom stereocenters. The standard InChI is InChI=1S/C21H25F2N3O4/c1-14-17(15(2)30-24-14)11-25-6-3-8-28-21(12-25)13-26(7-9-29-21)20(27)16-4-5-18(22)19(23)10-16/h4-5,10H,3,6-9,11-13H2,1-2H3. The van der Waals surface area contributed by atoms with Crippen molar-refractivity contribution in [3.63, 3.8) is 0 Å². The van der Waals surface area contributed by atoms with E-state index in [0.717, 1.165) is 42.1 Å². The van der Waals surface area contributed by atoms with Crippen LogP contribution in [0, 0.1) is 25.5 Å². The molecule has 162 valence electrons. The number of aryl methyl sites for hydroxylation is 2. The van der Waals surface area contributed by atoms with Gasteiger partial charge in [-0.2, -0.15) is 0 Å². The first-order chi connectivity index (χ1) is 14.4. The summed E-state index contributed by atoms with van der Waals surface area (Å²) in [5.41, 5.74) is 2.00. The fraction of sp³-hybridized carbons (Fsp3) is 0.524. The van der Waals surface area contributed by atoms with Crippen LogP contribution in [0.4, 0.5) is 8.78 Å². The number of carbonyl (C=O) groups excluding carboxylic acids is 1. The molecule has 3 heterocycles. The van der Waals surface area contributed by atoms with Gasteiger partial charge in [0.05, 0.1) is 32.0 Å². The number of benzene rings is 1. The average Bonchev–Trinajstić information content (AvgIpc) is 2.93. The summed E-state index contributed by atoms with van der Waals surface area (Å²) in [5.74, 6) is -2.58. The number of halogens is 2. The van der Waals surface area contributed by atoms with E-state index in [4.69, 9.17) is 14.0 Å². The first kappa shape index (κ1) is 20.9. The van der Waals surface area contributed by atoms with Crippen LogP contribution in [0.3, 0.4) is 0 Å². The van der Waals surface area contributed by atoms with Crippen LogP contribution < -0.4 is 0 Å². The fourth-order valence-corrected chi connectivity index (χ4v) is 4.02. The van der Waals surface area contributed by atoms with Gasteiger partial charge in [0.25, 0.3) is 5.91 Å². The lowest BCUT2D eigenvalue weighted by molar-refractivity contribution is -0.261. The summed E-state index contributed by atoms with van der Waals surface area (Å²) in [6.45, 7) is 7.10. The maximum Gasteiger partial charge on any atom is 0.254 e. The van der Waals surface area contributed by atoms with Crippen molar-refractivity contribution in [2.75, 3.05) is 39.4 Å². The van der Waals surface area contributed by atoms with Crippen molar-refractivity contribution in [2.45, 2.75) is 32.6 Å². The predicted octanol–water partition coefficient (Wildman–Crippen LogP) is 2.66. The molecule has 4 rings (SSSR count). The molecule has 1 spiro atoms. The molecule has 9 heteroatoms. The van der Waals surface area contributed by atoms with Crippen molar-refractivity contribution in [3.05, 3.63) is 52.4 Å². The Morgan fingerprint density at radius 3 is 2.67 bits per heavy atom. The first-order valence-electron chi connectivity index (χ1n) is 10.0. The van der Waals surface area contributed by atoms with Crippen LogP contribution in [0.2, 0.25) is 0 Å². The Kier molecular flexibility index (Phi) is 5.86. The minimum Gasteiger partial charge on any atom is -0.361 e. The molecule has 1 amide bonds. The Morgan fingerprint density at radius 1 is 1.13 bits per heavy atom. The van der Waals surface area contributed by atoms with Crippen LogP contribution in [-0.4, -0.2) is 66.0 Å². The van der Waals surface area contributed by atoms with Crippen LogP contribution in [0.5, 0.6) is 0 Å². The minimum absolute atomic E-state index is 0.104. The van der Waals surface area contributed by atoms with Crippen molar-refractivity contribution in [3.8, 4) is 0 Å². The van der Waals surface area contributed by atoms with Gasteiger partial charge in [-0.1, -0.05) is 5.16 Å². The predicted molar refractivity (Wildman–Crippen MR) is 103 cm³/mol. The van der Waals surface area contributed by atoms with Gasteiger partial charge < -0.3 is 18.9 Å². The number of nitrogens with zero attached hydrogens (tertiary/aromatic N) is 3.